The van der Waals surface area contributed by atoms with Gasteiger partial charge in [0.25, 0.3) is 5.91 Å². The Hall–Kier alpha value is -3.40. The molecule has 146 valence electrons. The highest BCUT2D eigenvalue weighted by Crippen LogP contribution is 2.27. The van der Waals surface area contributed by atoms with Crippen LogP contribution < -0.4 is 20.7 Å². The van der Waals surface area contributed by atoms with Crippen molar-refractivity contribution < 1.29 is 14.6 Å². The smallest absolute Gasteiger partial charge is 0.257 e. The predicted octanol–water partition coefficient (Wildman–Crippen LogP) is 1.17. The number of fused-ring (bicyclic) bond motifs is 1. The third kappa shape index (κ3) is 3.18. The molecule has 1 aliphatic rings. The van der Waals surface area contributed by atoms with Crippen molar-refractivity contribution in [2.24, 2.45) is 0 Å². The van der Waals surface area contributed by atoms with Crippen LogP contribution in [0.5, 0.6) is 5.88 Å². The molecule has 0 spiro atoms. The van der Waals surface area contributed by atoms with Crippen LogP contribution >= 0.6 is 0 Å². The molecule has 10 nitrogen and oxygen atoms in total. The summed E-state index contributed by atoms with van der Waals surface area (Å²) in [4.78, 5) is 21.4. The average Bonchev–Trinajstić information content (AvgIpc) is 3.14. The Morgan fingerprint density at radius 2 is 2.25 bits per heavy atom. The van der Waals surface area contributed by atoms with E-state index in [1.807, 2.05) is 6.07 Å². The molecule has 1 amide bonds. The van der Waals surface area contributed by atoms with E-state index in [9.17, 15) is 9.90 Å². The minimum atomic E-state index is -0.498. The molecule has 10 heteroatoms. The average molecular weight is 383 g/mol. The Balaban J connectivity index is 1.69. The lowest BCUT2D eigenvalue weighted by Gasteiger charge is -2.32. The van der Waals surface area contributed by atoms with Crippen LogP contribution in [0.15, 0.2) is 30.6 Å². The molecule has 2 atom stereocenters. The maximum absolute atomic E-state index is 12.7. The van der Waals surface area contributed by atoms with Crippen molar-refractivity contribution in [3.05, 3.63) is 36.2 Å². The largest absolute Gasteiger partial charge is 0.480 e. The fourth-order valence-corrected chi connectivity index (χ4v) is 3.05. The van der Waals surface area contributed by atoms with Crippen LogP contribution in [0.25, 0.3) is 5.65 Å². The Bertz CT molecular complexity index is 1020. The fraction of sp³-hybridized carbons (Fsp3) is 0.333. The van der Waals surface area contributed by atoms with E-state index < -0.39 is 6.10 Å². The minimum absolute atomic E-state index is 0.229. The van der Waals surface area contributed by atoms with Crippen molar-refractivity contribution in [2.45, 2.75) is 25.0 Å². The molecule has 0 radical (unpaired) electrons. The number of carbonyl (C=O) groups is 1. The Morgan fingerprint density at radius 1 is 1.39 bits per heavy atom. The van der Waals surface area contributed by atoms with Gasteiger partial charge in [0.1, 0.15) is 22.9 Å². The second-order valence-corrected chi connectivity index (χ2v) is 6.48. The molecule has 3 heterocycles. The van der Waals surface area contributed by atoms with Crippen LogP contribution in [-0.4, -0.2) is 56.9 Å². The van der Waals surface area contributed by atoms with E-state index in [2.05, 4.69) is 31.0 Å². The molecule has 3 aromatic rings. The molecule has 0 saturated heterocycles. The summed E-state index contributed by atoms with van der Waals surface area (Å²) in [6, 6.07) is 5.14. The van der Waals surface area contributed by atoms with Gasteiger partial charge in [-0.25, -0.2) is 9.97 Å². The minimum Gasteiger partial charge on any atom is -0.480 e. The summed E-state index contributed by atoms with van der Waals surface area (Å²) >= 11 is 0. The Kier molecular flexibility index (Phi) is 4.70. The normalized spacial score (nSPS) is 18.4. The Labute approximate surface area is 161 Å². The maximum Gasteiger partial charge on any atom is 0.257 e. The number of amides is 1. The van der Waals surface area contributed by atoms with Crippen molar-refractivity contribution >= 4 is 28.9 Å². The number of methoxy groups -OCH3 is 1. The molecular formula is C18H21N7O3. The van der Waals surface area contributed by atoms with Crippen LogP contribution in [-0.2, 0) is 0 Å². The zero-order valence-electron chi connectivity index (χ0n) is 15.5. The monoisotopic (exact) mass is 383 g/mol. The quantitative estimate of drug-likeness (QED) is 0.500. The first-order valence-corrected chi connectivity index (χ1v) is 8.92. The molecule has 1 aliphatic carbocycles. The number of carbonyl (C=O) groups excluding carboxylic acids is 1. The highest BCUT2D eigenvalue weighted by molar-refractivity contribution is 6.00. The van der Waals surface area contributed by atoms with Gasteiger partial charge in [0.15, 0.2) is 5.65 Å². The van der Waals surface area contributed by atoms with Crippen LogP contribution in [0.2, 0.25) is 0 Å². The molecule has 4 N–H and O–H groups in total. The van der Waals surface area contributed by atoms with Crippen molar-refractivity contribution in [2.75, 3.05) is 24.8 Å². The van der Waals surface area contributed by atoms with Gasteiger partial charge in [-0.3, -0.25) is 4.79 Å². The molecule has 4 rings (SSSR count). The highest BCUT2D eigenvalue weighted by atomic mass is 16.5. The SMILES string of the molecule is CNc1cc(Nc2cccnc2OC)nc2c(C(=O)N[C@@H]3CC[C@H]3O)cnn12. The molecule has 1 saturated carbocycles. The van der Waals surface area contributed by atoms with E-state index >= 15 is 0 Å². The van der Waals surface area contributed by atoms with Gasteiger partial charge in [-0.15, -0.1) is 0 Å². The van der Waals surface area contributed by atoms with Crippen LogP contribution in [0.4, 0.5) is 17.3 Å². The van der Waals surface area contributed by atoms with E-state index in [1.54, 1.807) is 29.9 Å². The van der Waals surface area contributed by atoms with E-state index in [0.29, 0.717) is 40.8 Å². The van der Waals surface area contributed by atoms with E-state index in [4.69, 9.17) is 4.74 Å². The summed E-state index contributed by atoms with van der Waals surface area (Å²) in [5.74, 6) is 1.27. The predicted molar refractivity (Wildman–Crippen MR) is 103 cm³/mol. The number of hydrogen-bond donors (Lipinski definition) is 4. The van der Waals surface area contributed by atoms with Crippen molar-refractivity contribution in [3.63, 3.8) is 0 Å². The topological polar surface area (TPSA) is 126 Å². The standard InChI is InChI=1S/C18H21N7O3/c1-19-15-8-14(22-12-4-3-7-20-18(12)28-2)24-16-10(9-21-25(15)16)17(27)23-11-5-6-13(11)26/h3-4,7-9,11,13,19,26H,5-6H2,1-2H3,(H,22,24)(H,23,27)/t11-,13-/m1/s1. The lowest BCUT2D eigenvalue weighted by molar-refractivity contribution is 0.0448. The fourth-order valence-electron chi connectivity index (χ4n) is 3.05. The summed E-state index contributed by atoms with van der Waals surface area (Å²) < 4.78 is 6.81. The van der Waals surface area contributed by atoms with Crippen molar-refractivity contribution in [1.82, 2.24) is 24.9 Å². The van der Waals surface area contributed by atoms with Gasteiger partial charge >= 0.3 is 0 Å². The number of pyridine rings is 1. The molecule has 1 fully saturated rings. The molecule has 0 bridgehead atoms. The zero-order valence-corrected chi connectivity index (χ0v) is 15.5. The first-order valence-electron chi connectivity index (χ1n) is 8.92. The van der Waals surface area contributed by atoms with E-state index in [-0.39, 0.29) is 11.9 Å². The number of hydrogen-bond acceptors (Lipinski definition) is 8. The number of aliphatic hydroxyl groups is 1. The lowest BCUT2D eigenvalue weighted by atomic mass is 9.89. The van der Waals surface area contributed by atoms with E-state index in [1.165, 1.54) is 13.3 Å². The van der Waals surface area contributed by atoms with Gasteiger partial charge in [-0.2, -0.15) is 9.61 Å². The third-order valence-corrected chi connectivity index (χ3v) is 4.75. The van der Waals surface area contributed by atoms with Gasteiger partial charge in [0, 0.05) is 19.3 Å². The second-order valence-electron chi connectivity index (χ2n) is 6.48. The first-order chi connectivity index (χ1) is 13.6. The number of ether oxygens (including phenoxy) is 1. The summed E-state index contributed by atoms with van der Waals surface area (Å²) in [6.45, 7) is 0. The van der Waals surface area contributed by atoms with Gasteiger partial charge in [-0.05, 0) is 25.0 Å². The van der Waals surface area contributed by atoms with E-state index in [0.717, 1.165) is 6.42 Å². The number of aromatic nitrogens is 4. The summed E-state index contributed by atoms with van der Waals surface area (Å²) in [7, 11) is 3.30. The maximum atomic E-state index is 12.7. The number of rotatable bonds is 6. The van der Waals surface area contributed by atoms with Crippen molar-refractivity contribution in [1.29, 1.82) is 0 Å². The first kappa shape index (κ1) is 18.0. The molecule has 3 aromatic heterocycles. The zero-order chi connectivity index (χ0) is 19.7. The van der Waals surface area contributed by atoms with Crippen LogP contribution in [0, 0.1) is 0 Å². The van der Waals surface area contributed by atoms with Gasteiger partial charge < -0.3 is 25.8 Å². The highest BCUT2D eigenvalue weighted by Gasteiger charge is 2.31. The summed E-state index contributed by atoms with van der Waals surface area (Å²) in [5, 5.41) is 23.0. The molecular weight excluding hydrogens is 362 g/mol. The van der Waals surface area contributed by atoms with Crippen molar-refractivity contribution in [3.8, 4) is 5.88 Å². The molecule has 0 aromatic carbocycles. The number of nitrogens with one attached hydrogen (secondary N) is 3. The second kappa shape index (κ2) is 7.31. The summed E-state index contributed by atoms with van der Waals surface area (Å²) in [6.07, 6.45) is 4.06. The van der Waals surface area contributed by atoms with Gasteiger partial charge in [-0.1, -0.05) is 0 Å². The molecule has 0 aliphatic heterocycles. The van der Waals surface area contributed by atoms with Gasteiger partial charge in [0.2, 0.25) is 5.88 Å². The Morgan fingerprint density at radius 3 is 2.93 bits per heavy atom. The number of anilines is 3. The van der Waals surface area contributed by atoms with Crippen LogP contribution in [0.1, 0.15) is 23.2 Å². The molecule has 0 unspecified atom stereocenters. The molecule has 28 heavy (non-hydrogen) atoms. The number of aliphatic hydroxyl groups excluding tert-OH is 1. The van der Waals surface area contributed by atoms with Crippen LogP contribution in [0.3, 0.4) is 0 Å². The third-order valence-electron chi connectivity index (χ3n) is 4.75. The van der Waals surface area contributed by atoms with Gasteiger partial charge in [0.05, 0.1) is 25.5 Å². The summed E-state index contributed by atoms with van der Waals surface area (Å²) in [5.41, 5.74) is 1.37. The lowest BCUT2D eigenvalue weighted by Crippen LogP contribution is -2.50. The number of nitrogens with zero attached hydrogens (tertiary/aromatic N) is 4.